The van der Waals surface area contributed by atoms with Crippen molar-refractivity contribution in [3.8, 4) is 0 Å². The lowest BCUT2D eigenvalue weighted by Crippen LogP contribution is -2.38. The number of H-pyrrole nitrogens is 1. The standard InChI is InChI=1S/C17H18N6O/c18-17-19-8-5-13(20-17)11-6-9-23(10-7-11)16(24)15-12-3-1-2-4-14(12)21-22-15/h1-5,8,11H,6-7,9-10H2,(H,21,22)(H2,18,19,20). The molecular weight excluding hydrogens is 304 g/mol. The number of hydrogen-bond acceptors (Lipinski definition) is 5. The number of benzene rings is 1. The van der Waals surface area contributed by atoms with Crippen molar-refractivity contribution in [1.29, 1.82) is 0 Å². The molecule has 0 saturated carbocycles. The van der Waals surface area contributed by atoms with Crippen molar-refractivity contribution in [2.75, 3.05) is 18.8 Å². The highest BCUT2D eigenvalue weighted by Crippen LogP contribution is 2.28. The first kappa shape index (κ1) is 14.6. The number of nitrogens with one attached hydrogen (secondary N) is 1. The molecule has 2 aromatic heterocycles. The maximum Gasteiger partial charge on any atom is 0.274 e. The smallest absolute Gasteiger partial charge is 0.274 e. The Morgan fingerprint density at radius 1 is 1.21 bits per heavy atom. The molecule has 1 aliphatic rings. The van der Waals surface area contributed by atoms with E-state index in [-0.39, 0.29) is 5.91 Å². The third kappa shape index (κ3) is 2.58. The zero-order valence-electron chi connectivity index (χ0n) is 13.1. The van der Waals surface area contributed by atoms with Crippen LogP contribution in [0.25, 0.3) is 10.9 Å². The molecule has 0 spiro atoms. The summed E-state index contributed by atoms with van der Waals surface area (Å²) in [5.74, 6) is 0.595. The average Bonchev–Trinajstić information content (AvgIpc) is 3.05. The van der Waals surface area contributed by atoms with E-state index in [0.717, 1.165) is 29.4 Å². The first-order valence-corrected chi connectivity index (χ1v) is 8.03. The van der Waals surface area contributed by atoms with Crippen LogP contribution in [0.4, 0.5) is 5.95 Å². The molecule has 1 amide bonds. The van der Waals surface area contributed by atoms with Crippen molar-refractivity contribution in [2.24, 2.45) is 0 Å². The number of fused-ring (bicyclic) bond motifs is 1. The summed E-state index contributed by atoms with van der Waals surface area (Å²) >= 11 is 0. The molecule has 3 N–H and O–H groups in total. The summed E-state index contributed by atoms with van der Waals surface area (Å²) in [5, 5.41) is 8.00. The summed E-state index contributed by atoms with van der Waals surface area (Å²) < 4.78 is 0. The lowest BCUT2D eigenvalue weighted by molar-refractivity contribution is 0.0708. The van der Waals surface area contributed by atoms with Crippen molar-refractivity contribution in [2.45, 2.75) is 18.8 Å². The second-order valence-electron chi connectivity index (χ2n) is 6.02. The van der Waals surface area contributed by atoms with E-state index in [0.29, 0.717) is 30.6 Å². The Morgan fingerprint density at radius 3 is 2.79 bits per heavy atom. The first-order chi connectivity index (χ1) is 11.7. The van der Waals surface area contributed by atoms with Gasteiger partial charge in [0.2, 0.25) is 5.95 Å². The van der Waals surface area contributed by atoms with E-state index < -0.39 is 0 Å². The van der Waals surface area contributed by atoms with Crippen LogP contribution in [0.2, 0.25) is 0 Å². The number of likely N-dealkylation sites (tertiary alicyclic amines) is 1. The van der Waals surface area contributed by atoms with Gasteiger partial charge in [-0.05, 0) is 25.0 Å². The van der Waals surface area contributed by atoms with E-state index in [9.17, 15) is 4.79 Å². The molecule has 1 aliphatic heterocycles. The van der Waals surface area contributed by atoms with Gasteiger partial charge in [0.05, 0.1) is 5.52 Å². The van der Waals surface area contributed by atoms with Crippen LogP contribution in [0.1, 0.15) is 34.9 Å². The number of nitrogen functional groups attached to an aromatic ring is 1. The van der Waals surface area contributed by atoms with Crippen LogP contribution in [-0.4, -0.2) is 44.1 Å². The molecule has 7 heteroatoms. The molecule has 0 aliphatic carbocycles. The number of carbonyl (C=O) groups is 1. The molecule has 122 valence electrons. The third-order valence-electron chi connectivity index (χ3n) is 4.57. The third-order valence-corrected chi connectivity index (χ3v) is 4.57. The highest BCUT2D eigenvalue weighted by Gasteiger charge is 2.27. The molecule has 1 saturated heterocycles. The Balaban J connectivity index is 1.48. The van der Waals surface area contributed by atoms with Gasteiger partial charge >= 0.3 is 0 Å². The van der Waals surface area contributed by atoms with Crippen LogP contribution in [0.5, 0.6) is 0 Å². The molecule has 0 atom stereocenters. The Bertz CT molecular complexity index is 881. The van der Waals surface area contributed by atoms with Gasteiger partial charge in [0.1, 0.15) is 0 Å². The van der Waals surface area contributed by atoms with Crippen LogP contribution in [0, 0.1) is 0 Å². The summed E-state index contributed by atoms with van der Waals surface area (Å²) in [6, 6.07) is 9.58. The van der Waals surface area contributed by atoms with Crippen LogP contribution >= 0.6 is 0 Å². The summed E-state index contributed by atoms with van der Waals surface area (Å²) in [6.45, 7) is 1.38. The molecular formula is C17H18N6O. The minimum atomic E-state index is -0.0203. The molecule has 7 nitrogen and oxygen atoms in total. The largest absolute Gasteiger partial charge is 0.368 e. The van der Waals surface area contributed by atoms with Gasteiger partial charge in [-0.25, -0.2) is 9.97 Å². The summed E-state index contributed by atoms with van der Waals surface area (Å²) in [5.41, 5.74) is 7.99. The Morgan fingerprint density at radius 2 is 2.00 bits per heavy atom. The number of para-hydroxylation sites is 1. The number of nitrogens with zero attached hydrogens (tertiary/aromatic N) is 4. The fourth-order valence-corrected chi connectivity index (χ4v) is 3.27. The second-order valence-corrected chi connectivity index (χ2v) is 6.02. The molecule has 3 aromatic rings. The SMILES string of the molecule is Nc1nccc(C2CCN(C(=O)c3n[nH]c4ccccc34)CC2)n1. The maximum absolute atomic E-state index is 12.8. The number of amides is 1. The van der Waals surface area contributed by atoms with Crippen molar-refractivity contribution in [3.63, 3.8) is 0 Å². The van der Waals surface area contributed by atoms with E-state index in [4.69, 9.17) is 5.73 Å². The van der Waals surface area contributed by atoms with Crippen LogP contribution in [0.15, 0.2) is 36.5 Å². The maximum atomic E-state index is 12.8. The van der Waals surface area contributed by atoms with Gasteiger partial charge in [-0.3, -0.25) is 9.89 Å². The zero-order chi connectivity index (χ0) is 16.5. The number of piperidine rings is 1. The highest BCUT2D eigenvalue weighted by atomic mass is 16.2. The van der Waals surface area contributed by atoms with Crippen LogP contribution in [0.3, 0.4) is 0 Å². The van der Waals surface area contributed by atoms with Crippen LogP contribution in [-0.2, 0) is 0 Å². The molecule has 24 heavy (non-hydrogen) atoms. The molecule has 0 bridgehead atoms. The van der Waals surface area contributed by atoms with Crippen molar-refractivity contribution in [1.82, 2.24) is 25.1 Å². The van der Waals surface area contributed by atoms with E-state index in [1.807, 2.05) is 35.2 Å². The monoisotopic (exact) mass is 322 g/mol. The number of nitrogens with two attached hydrogens (primary N) is 1. The Labute approximate surface area is 138 Å². The summed E-state index contributed by atoms with van der Waals surface area (Å²) in [4.78, 5) is 22.9. The number of aromatic nitrogens is 4. The van der Waals surface area contributed by atoms with Crippen molar-refractivity contribution >= 4 is 22.8 Å². The predicted octanol–water partition coefficient (Wildman–Crippen LogP) is 1.95. The van der Waals surface area contributed by atoms with Gasteiger partial charge < -0.3 is 10.6 Å². The average molecular weight is 322 g/mol. The topological polar surface area (TPSA) is 101 Å². The molecule has 3 heterocycles. The lowest BCUT2D eigenvalue weighted by Gasteiger charge is -2.31. The normalized spacial score (nSPS) is 15.8. The van der Waals surface area contributed by atoms with Gasteiger partial charge in [0.15, 0.2) is 5.69 Å². The Kier molecular flexibility index (Phi) is 3.60. The highest BCUT2D eigenvalue weighted by molar-refractivity contribution is 6.04. The van der Waals surface area contributed by atoms with E-state index in [1.165, 1.54) is 0 Å². The molecule has 1 aromatic carbocycles. The zero-order valence-corrected chi connectivity index (χ0v) is 13.1. The minimum Gasteiger partial charge on any atom is -0.368 e. The van der Waals surface area contributed by atoms with Crippen LogP contribution < -0.4 is 5.73 Å². The van der Waals surface area contributed by atoms with Gasteiger partial charge in [0.25, 0.3) is 5.91 Å². The number of anilines is 1. The van der Waals surface area contributed by atoms with E-state index >= 15 is 0 Å². The molecule has 1 fully saturated rings. The number of rotatable bonds is 2. The number of hydrogen-bond donors (Lipinski definition) is 2. The van der Waals surface area contributed by atoms with Crippen molar-refractivity contribution < 1.29 is 4.79 Å². The Hall–Kier alpha value is -2.96. The van der Waals surface area contributed by atoms with Gasteiger partial charge in [-0.1, -0.05) is 18.2 Å². The lowest BCUT2D eigenvalue weighted by atomic mass is 9.93. The predicted molar refractivity (Wildman–Crippen MR) is 90.4 cm³/mol. The quantitative estimate of drug-likeness (QED) is 0.751. The number of carbonyl (C=O) groups excluding carboxylic acids is 1. The fourth-order valence-electron chi connectivity index (χ4n) is 3.27. The van der Waals surface area contributed by atoms with Gasteiger partial charge in [0, 0.05) is 36.3 Å². The van der Waals surface area contributed by atoms with E-state index in [2.05, 4.69) is 20.2 Å². The molecule has 0 radical (unpaired) electrons. The number of aromatic amines is 1. The van der Waals surface area contributed by atoms with Gasteiger partial charge in [-0.2, -0.15) is 5.10 Å². The first-order valence-electron chi connectivity index (χ1n) is 8.03. The van der Waals surface area contributed by atoms with Gasteiger partial charge in [-0.15, -0.1) is 0 Å². The molecule has 0 unspecified atom stereocenters. The second kappa shape index (κ2) is 5.92. The summed E-state index contributed by atoms with van der Waals surface area (Å²) in [7, 11) is 0. The van der Waals surface area contributed by atoms with E-state index in [1.54, 1.807) is 6.20 Å². The molecule has 4 rings (SSSR count). The fraction of sp³-hybridized carbons (Fsp3) is 0.294. The summed E-state index contributed by atoms with van der Waals surface area (Å²) in [6.07, 6.45) is 3.42. The van der Waals surface area contributed by atoms with Crippen molar-refractivity contribution in [3.05, 3.63) is 47.9 Å². The minimum absolute atomic E-state index is 0.0203.